The molecule has 0 bridgehead atoms. The Morgan fingerprint density at radius 2 is 1.05 bits per heavy atom. The van der Waals surface area contributed by atoms with Crippen LogP contribution in [0.1, 0.15) is 22.3 Å². The van der Waals surface area contributed by atoms with Crippen molar-refractivity contribution < 1.29 is 38.6 Å². The second kappa shape index (κ2) is 5.37. The predicted molar refractivity (Wildman–Crippen MR) is 76.0 cm³/mol. The number of nitrogens with zero attached hydrogens (tertiary/aromatic N) is 2. The summed E-state index contributed by atoms with van der Waals surface area (Å²) in [7, 11) is 0. The number of hydrogen-bond acceptors (Lipinski definition) is 2. The summed E-state index contributed by atoms with van der Waals surface area (Å²) in [5.74, 6) is 0. The molecular formula is C16H16N2Tb. The minimum atomic E-state index is 0. The zero-order valence-corrected chi connectivity index (χ0v) is 13.7. The van der Waals surface area contributed by atoms with Crippen molar-refractivity contribution in [1.82, 2.24) is 9.97 Å². The molecule has 0 unspecified atom stereocenters. The van der Waals surface area contributed by atoms with Crippen molar-refractivity contribution in [2.45, 2.75) is 27.7 Å². The van der Waals surface area contributed by atoms with Crippen LogP contribution in [0.3, 0.4) is 0 Å². The van der Waals surface area contributed by atoms with E-state index >= 15 is 0 Å². The monoisotopic (exact) mass is 395 g/mol. The van der Waals surface area contributed by atoms with Gasteiger partial charge < -0.3 is 0 Å². The maximum atomic E-state index is 4.58. The number of fused-ring (bicyclic) bond motifs is 3. The molecule has 0 spiro atoms. The Labute approximate surface area is 144 Å². The van der Waals surface area contributed by atoms with Gasteiger partial charge in [-0.25, -0.2) is 0 Å². The number of rotatable bonds is 0. The fourth-order valence-corrected chi connectivity index (χ4v) is 2.39. The molecule has 0 saturated carbocycles. The molecule has 2 aromatic heterocycles. The maximum absolute atomic E-state index is 4.58. The summed E-state index contributed by atoms with van der Waals surface area (Å²) >= 11 is 0. The summed E-state index contributed by atoms with van der Waals surface area (Å²) in [6, 6.07) is 4.34. The first-order chi connectivity index (χ1) is 8.59. The molecular weight excluding hydrogens is 379 g/mol. The minimum Gasteiger partial charge on any atom is -0.254 e. The number of hydrogen-bond donors (Lipinski definition) is 0. The van der Waals surface area contributed by atoms with Crippen LogP contribution in [0.4, 0.5) is 0 Å². The number of pyridine rings is 2. The average molecular weight is 395 g/mol. The van der Waals surface area contributed by atoms with E-state index in [1.165, 1.54) is 33.0 Å². The van der Waals surface area contributed by atoms with Crippen molar-refractivity contribution in [1.29, 1.82) is 0 Å². The summed E-state index contributed by atoms with van der Waals surface area (Å²) in [5, 5.41) is 2.41. The van der Waals surface area contributed by atoms with Crippen LogP contribution in [-0.4, -0.2) is 9.97 Å². The molecule has 0 saturated heterocycles. The largest absolute Gasteiger partial charge is 0.254 e. The predicted octanol–water partition coefficient (Wildman–Crippen LogP) is 4.02. The van der Waals surface area contributed by atoms with Gasteiger partial charge in [-0.15, -0.1) is 0 Å². The zero-order valence-electron chi connectivity index (χ0n) is 11.5. The molecule has 3 aromatic rings. The van der Waals surface area contributed by atoms with E-state index in [2.05, 4.69) is 49.8 Å². The van der Waals surface area contributed by atoms with Crippen LogP contribution in [0.5, 0.6) is 0 Å². The molecule has 0 amide bonds. The molecule has 2 nitrogen and oxygen atoms in total. The average Bonchev–Trinajstić information content (AvgIpc) is 2.38. The van der Waals surface area contributed by atoms with Crippen molar-refractivity contribution in [3.63, 3.8) is 0 Å². The van der Waals surface area contributed by atoms with Gasteiger partial charge >= 0.3 is 0 Å². The van der Waals surface area contributed by atoms with Gasteiger partial charge in [-0.2, -0.15) is 0 Å². The molecule has 1 aromatic carbocycles. The number of benzene rings is 1. The molecule has 0 N–H and O–H groups in total. The van der Waals surface area contributed by atoms with Crippen LogP contribution in [-0.2, 0) is 0 Å². The topological polar surface area (TPSA) is 25.8 Å². The maximum Gasteiger partial charge on any atom is 0.0967 e. The van der Waals surface area contributed by atoms with Gasteiger partial charge in [0, 0.05) is 61.8 Å². The normalized spacial score (nSPS) is 10.7. The Kier molecular flexibility index (Phi) is 4.16. The summed E-state index contributed by atoms with van der Waals surface area (Å²) in [6.07, 6.45) is 3.88. The van der Waals surface area contributed by atoms with Crippen LogP contribution in [0.15, 0.2) is 24.5 Å². The van der Waals surface area contributed by atoms with Gasteiger partial charge in [0.15, 0.2) is 0 Å². The van der Waals surface area contributed by atoms with E-state index in [0.717, 1.165) is 11.0 Å². The van der Waals surface area contributed by atoms with Gasteiger partial charge in [0.1, 0.15) is 0 Å². The quantitative estimate of drug-likeness (QED) is 0.538. The Bertz CT molecular complexity index is 712. The van der Waals surface area contributed by atoms with E-state index in [4.69, 9.17) is 0 Å². The van der Waals surface area contributed by atoms with Gasteiger partial charge in [0.2, 0.25) is 0 Å². The Morgan fingerprint density at radius 1 is 0.684 bits per heavy atom. The fraction of sp³-hybridized carbons (Fsp3) is 0.250. The van der Waals surface area contributed by atoms with Gasteiger partial charge in [0.25, 0.3) is 0 Å². The first kappa shape index (κ1) is 14.7. The molecule has 0 aliphatic carbocycles. The Balaban J connectivity index is 0.00000133. The third kappa shape index (κ3) is 2.27. The van der Waals surface area contributed by atoms with E-state index in [1.54, 1.807) is 0 Å². The number of aromatic nitrogens is 2. The van der Waals surface area contributed by atoms with Gasteiger partial charge in [0.05, 0.1) is 11.0 Å². The zero-order chi connectivity index (χ0) is 12.9. The molecule has 2 heterocycles. The van der Waals surface area contributed by atoms with Crippen molar-refractivity contribution in [2.75, 3.05) is 0 Å². The Morgan fingerprint density at radius 3 is 1.42 bits per heavy atom. The van der Waals surface area contributed by atoms with Gasteiger partial charge in [-0.1, -0.05) is 12.1 Å². The van der Waals surface area contributed by atoms with E-state index < -0.39 is 0 Å². The smallest absolute Gasteiger partial charge is 0.0967 e. The second-order valence-electron chi connectivity index (χ2n) is 4.99. The van der Waals surface area contributed by atoms with Crippen LogP contribution in [0, 0.1) is 66.3 Å². The van der Waals surface area contributed by atoms with Crippen molar-refractivity contribution in [3.8, 4) is 0 Å². The van der Waals surface area contributed by atoms with Crippen molar-refractivity contribution in [3.05, 3.63) is 46.8 Å². The second-order valence-corrected chi connectivity index (χ2v) is 4.99. The summed E-state index contributed by atoms with van der Waals surface area (Å²) in [4.78, 5) is 9.16. The van der Waals surface area contributed by atoms with E-state index in [-0.39, 0.29) is 38.6 Å². The molecule has 19 heavy (non-hydrogen) atoms. The summed E-state index contributed by atoms with van der Waals surface area (Å²) < 4.78 is 0. The van der Waals surface area contributed by atoms with Crippen LogP contribution in [0.2, 0.25) is 0 Å². The van der Waals surface area contributed by atoms with E-state index in [0.29, 0.717) is 0 Å². The van der Waals surface area contributed by atoms with E-state index in [1.807, 2.05) is 12.4 Å². The molecule has 0 fully saturated rings. The Hall–Kier alpha value is -0.674. The minimum absolute atomic E-state index is 0. The molecule has 0 aliphatic rings. The number of aryl methyl sites for hydroxylation is 4. The van der Waals surface area contributed by atoms with E-state index in [9.17, 15) is 0 Å². The van der Waals surface area contributed by atoms with Crippen molar-refractivity contribution in [2.24, 2.45) is 0 Å². The van der Waals surface area contributed by atoms with Gasteiger partial charge in [-0.3, -0.25) is 9.97 Å². The molecule has 3 rings (SSSR count). The molecule has 0 aliphatic heterocycles. The third-order valence-electron chi connectivity index (χ3n) is 3.92. The fourth-order valence-electron chi connectivity index (χ4n) is 2.39. The van der Waals surface area contributed by atoms with Gasteiger partial charge in [-0.05, 0) is 49.9 Å². The summed E-state index contributed by atoms with van der Waals surface area (Å²) in [5.41, 5.74) is 7.07. The molecule has 3 heteroatoms. The van der Waals surface area contributed by atoms with Crippen molar-refractivity contribution >= 4 is 21.8 Å². The van der Waals surface area contributed by atoms with Crippen LogP contribution < -0.4 is 0 Å². The molecule has 0 atom stereocenters. The third-order valence-corrected chi connectivity index (χ3v) is 3.92. The standard InChI is InChI=1S/C16H16N2.Tb/c1-9-7-17-15-13(11(9)3)5-6-14-12(4)10(2)8-18-16(14)15;/h5-8H,1-4H3;. The first-order valence-corrected chi connectivity index (χ1v) is 6.20. The first-order valence-electron chi connectivity index (χ1n) is 6.20. The molecule has 1 radical (unpaired) electrons. The summed E-state index contributed by atoms with van der Waals surface area (Å²) in [6.45, 7) is 8.48. The SMILES string of the molecule is Cc1cnc2c(ccc3c(C)c(C)cnc32)c1C.[Tb]. The van der Waals surface area contributed by atoms with Crippen LogP contribution >= 0.6 is 0 Å². The molecule has 99 valence electrons. The van der Waals surface area contributed by atoms with Crippen LogP contribution in [0.25, 0.3) is 21.8 Å².